The molecule has 0 saturated carbocycles. The molecule has 0 radical (unpaired) electrons. The second-order valence-electron chi connectivity index (χ2n) is 5.84. The van der Waals surface area contributed by atoms with Gasteiger partial charge in [0.15, 0.2) is 6.61 Å². The fraction of sp³-hybridized carbons (Fsp3) is 0.350. The van der Waals surface area contributed by atoms with Crippen molar-refractivity contribution < 1.29 is 19.1 Å². The van der Waals surface area contributed by atoms with Gasteiger partial charge in [-0.3, -0.25) is 9.59 Å². The molecule has 1 aromatic carbocycles. The summed E-state index contributed by atoms with van der Waals surface area (Å²) < 4.78 is 5.08. The van der Waals surface area contributed by atoms with E-state index < -0.39 is 5.97 Å². The number of esters is 1. The maximum absolute atomic E-state index is 12.5. The van der Waals surface area contributed by atoms with Crippen molar-refractivity contribution in [2.75, 3.05) is 13.2 Å². The first-order valence-corrected chi connectivity index (χ1v) is 9.62. The van der Waals surface area contributed by atoms with Gasteiger partial charge in [0.05, 0.1) is 10.4 Å². The highest BCUT2D eigenvalue weighted by Crippen LogP contribution is 2.19. The van der Waals surface area contributed by atoms with Crippen molar-refractivity contribution >= 4 is 29.0 Å². The molecule has 0 unspecified atom stereocenters. The predicted molar refractivity (Wildman–Crippen MR) is 102 cm³/mol. The molecule has 0 aliphatic heterocycles. The highest BCUT2D eigenvalue weighted by molar-refractivity contribution is 7.12. The summed E-state index contributed by atoms with van der Waals surface area (Å²) in [6.07, 6.45) is 4.25. The van der Waals surface area contributed by atoms with Crippen molar-refractivity contribution in [3.05, 3.63) is 57.8 Å². The van der Waals surface area contributed by atoms with Crippen LogP contribution in [0, 0.1) is 0 Å². The summed E-state index contributed by atoms with van der Waals surface area (Å²) in [5.41, 5.74) is 0.446. The van der Waals surface area contributed by atoms with Crippen LogP contribution in [0.4, 0.5) is 0 Å². The van der Waals surface area contributed by atoms with E-state index in [-0.39, 0.29) is 29.4 Å². The molecule has 26 heavy (non-hydrogen) atoms. The lowest BCUT2D eigenvalue weighted by Crippen LogP contribution is -2.29. The van der Waals surface area contributed by atoms with Crippen molar-refractivity contribution in [1.82, 2.24) is 5.32 Å². The molecule has 0 aliphatic carbocycles. The van der Waals surface area contributed by atoms with E-state index in [0.29, 0.717) is 11.4 Å². The fourth-order valence-electron chi connectivity index (χ4n) is 2.44. The van der Waals surface area contributed by atoms with Crippen LogP contribution in [-0.4, -0.2) is 30.8 Å². The predicted octanol–water partition coefficient (Wildman–Crippen LogP) is 3.83. The van der Waals surface area contributed by atoms with Crippen molar-refractivity contribution in [2.45, 2.75) is 32.6 Å². The minimum Gasteiger partial charge on any atom is -0.452 e. The molecule has 0 saturated heterocycles. The topological polar surface area (TPSA) is 72.5 Å². The zero-order valence-electron chi connectivity index (χ0n) is 14.8. The first-order chi connectivity index (χ1) is 12.6. The van der Waals surface area contributed by atoms with Crippen LogP contribution in [0.2, 0.25) is 0 Å². The van der Waals surface area contributed by atoms with E-state index in [1.54, 1.807) is 35.7 Å². The second kappa shape index (κ2) is 10.5. The maximum atomic E-state index is 12.5. The molecule has 0 fully saturated rings. The zero-order valence-corrected chi connectivity index (χ0v) is 15.6. The molecule has 1 amide bonds. The van der Waals surface area contributed by atoms with Gasteiger partial charge < -0.3 is 10.1 Å². The van der Waals surface area contributed by atoms with Crippen LogP contribution in [-0.2, 0) is 9.53 Å². The quantitative estimate of drug-likeness (QED) is 0.390. The molecule has 0 aliphatic rings. The second-order valence-corrected chi connectivity index (χ2v) is 6.79. The number of carbonyl (C=O) groups excluding carboxylic acids is 3. The van der Waals surface area contributed by atoms with Gasteiger partial charge in [0, 0.05) is 12.1 Å². The van der Waals surface area contributed by atoms with Crippen LogP contribution in [0.3, 0.4) is 0 Å². The number of ether oxygens (including phenoxy) is 1. The molecule has 5 nitrogen and oxygen atoms in total. The Kier molecular flexibility index (Phi) is 8.02. The Hall–Kier alpha value is -2.47. The molecule has 1 heterocycles. The van der Waals surface area contributed by atoms with E-state index in [1.807, 2.05) is 0 Å². The zero-order chi connectivity index (χ0) is 18.8. The molecule has 6 heteroatoms. The number of amides is 1. The fourth-order valence-corrected chi connectivity index (χ4v) is 3.12. The molecule has 2 aromatic rings. The number of unbranched alkanes of at least 4 members (excludes halogenated alkanes) is 3. The lowest BCUT2D eigenvalue weighted by atomic mass is 10.0. The van der Waals surface area contributed by atoms with Crippen LogP contribution < -0.4 is 5.32 Å². The number of nitrogens with one attached hydrogen (secondary N) is 1. The number of ketones is 1. The summed E-state index contributed by atoms with van der Waals surface area (Å²) in [6.45, 7) is 2.34. The monoisotopic (exact) mass is 373 g/mol. The van der Waals surface area contributed by atoms with Gasteiger partial charge in [-0.2, -0.15) is 0 Å². The standard InChI is InChI=1S/C20H23NO4S/c1-2-3-4-7-12-21-18(22)14-25-20(24)16-10-6-5-9-15(16)19(23)17-11-8-13-26-17/h5-6,8-11,13H,2-4,7,12,14H2,1H3,(H,21,22). The minimum atomic E-state index is -0.674. The molecule has 2 rings (SSSR count). The number of hydrogen-bond acceptors (Lipinski definition) is 5. The molecular formula is C20H23NO4S. The van der Waals surface area contributed by atoms with Crippen molar-refractivity contribution in [2.24, 2.45) is 0 Å². The number of thiophene rings is 1. The number of hydrogen-bond donors (Lipinski definition) is 1. The summed E-state index contributed by atoms with van der Waals surface area (Å²) in [4.78, 5) is 37.1. The first kappa shape index (κ1) is 19.8. The third kappa shape index (κ3) is 5.81. The summed E-state index contributed by atoms with van der Waals surface area (Å²) in [7, 11) is 0. The van der Waals surface area contributed by atoms with Gasteiger partial charge >= 0.3 is 5.97 Å². The number of benzene rings is 1. The Labute approximate surface area is 157 Å². The summed E-state index contributed by atoms with van der Waals surface area (Å²) in [6, 6.07) is 9.97. The summed E-state index contributed by atoms with van der Waals surface area (Å²) in [5, 5.41) is 4.53. The van der Waals surface area contributed by atoms with E-state index in [0.717, 1.165) is 25.7 Å². The van der Waals surface area contributed by atoms with Crippen LogP contribution in [0.15, 0.2) is 41.8 Å². The molecule has 0 atom stereocenters. The SMILES string of the molecule is CCCCCCNC(=O)COC(=O)c1ccccc1C(=O)c1cccs1. The summed E-state index contributed by atoms with van der Waals surface area (Å²) >= 11 is 1.31. The van der Waals surface area contributed by atoms with Gasteiger partial charge in [0.1, 0.15) is 0 Å². The van der Waals surface area contributed by atoms with E-state index >= 15 is 0 Å². The molecular weight excluding hydrogens is 350 g/mol. The van der Waals surface area contributed by atoms with E-state index in [1.165, 1.54) is 17.4 Å². The number of rotatable bonds is 10. The highest BCUT2D eigenvalue weighted by Gasteiger charge is 2.20. The van der Waals surface area contributed by atoms with Gasteiger partial charge in [-0.1, -0.05) is 50.5 Å². The van der Waals surface area contributed by atoms with Gasteiger partial charge in [-0.05, 0) is 23.9 Å². The smallest absolute Gasteiger partial charge is 0.339 e. The molecule has 0 bridgehead atoms. The third-order valence-corrected chi connectivity index (χ3v) is 4.69. The average molecular weight is 373 g/mol. The first-order valence-electron chi connectivity index (χ1n) is 8.74. The van der Waals surface area contributed by atoms with Crippen LogP contribution in [0.25, 0.3) is 0 Å². The minimum absolute atomic E-state index is 0.168. The highest BCUT2D eigenvalue weighted by atomic mass is 32.1. The third-order valence-electron chi connectivity index (χ3n) is 3.82. The normalized spacial score (nSPS) is 10.3. The lowest BCUT2D eigenvalue weighted by molar-refractivity contribution is -0.124. The van der Waals surface area contributed by atoms with Gasteiger partial charge in [-0.25, -0.2) is 4.79 Å². The molecule has 1 aromatic heterocycles. The average Bonchev–Trinajstić information content (AvgIpc) is 3.20. The van der Waals surface area contributed by atoms with Crippen molar-refractivity contribution in [3.63, 3.8) is 0 Å². The van der Waals surface area contributed by atoms with Crippen molar-refractivity contribution in [1.29, 1.82) is 0 Å². The van der Waals surface area contributed by atoms with Gasteiger partial charge in [0.25, 0.3) is 5.91 Å². The summed E-state index contributed by atoms with van der Waals surface area (Å²) in [5.74, 6) is -1.24. The van der Waals surface area contributed by atoms with E-state index in [9.17, 15) is 14.4 Å². The molecule has 138 valence electrons. The molecule has 0 spiro atoms. The maximum Gasteiger partial charge on any atom is 0.339 e. The van der Waals surface area contributed by atoms with Gasteiger partial charge in [0.2, 0.25) is 5.78 Å². The van der Waals surface area contributed by atoms with Crippen LogP contribution >= 0.6 is 11.3 Å². The Morgan fingerprint density at radius 2 is 1.77 bits per heavy atom. The Morgan fingerprint density at radius 1 is 1.00 bits per heavy atom. The van der Waals surface area contributed by atoms with Crippen LogP contribution in [0.5, 0.6) is 0 Å². The Balaban J connectivity index is 1.90. The van der Waals surface area contributed by atoms with E-state index in [2.05, 4.69) is 12.2 Å². The van der Waals surface area contributed by atoms with Gasteiger partial charge in [-0.15, -0.1) is 11.3 Å². The van der Waals surface area contributed by atoms with Crippen LogP contribution in [0.1, 0.15) is 58.2 Å². The van der Waals surface area contributed by atoms with E-state index in [4.69, 9.17) is 4.74 Å². The largest absolute Gasteiger partial charge is 0.452 e. The molecule has 1 N–H and O–H groups in total. The Morgan fingerprint density at radius 3 is 2.46 bits per heavy atom. The van der Waals surface area contributed by atoms with Crippen molar-refractivity contribution in [3.8, 4) is 0 Å². The Bertz CT molecular complexity index is 740. The lowest BCUT2D eigenvalue weighted by Gasteiger charge is -2.09. The number of carbonyl (C=O) groups is 3.